The number of hydrogen-bond donors (Lipinski definition) is 0. The summed E-state index contributed by atoms with van der Waals surface area (Å²) < 4.78 is 10.5. The van der Waals surface area contributed by atoms with E-state index in [0.717, 1.165) is 17.2 Å². The number of carbonyl (C=O) groups is 2. The second-order valence-corrected chi connectivity index (χ2v) is 8.08. The zero-order valence-electron chi connectivity index (χ0n) is 18.8. The molecule has 0 aliphatic heterocycles. The van der Waals surface area contributed by atoms with Crippen molar-refractivity contribution in [1.29, 1.82) is 0 Å². The third-order valence-corrected chi connectivity index (χ3v) is 5.77. The van der Waals surface area contributed by atoms with Crippen molar-refractivity contribution in [2.45, 2.75) is 6.92 Å². The molecule has 0 atom stereocenters. The minimum Gasteiger partial charge on any atom is -0.497 e. The number of Topliss-reactive ketones (excluding diaryl/α,β-unsaturated/α-hetero) is 1. The van der Waals surface area contributed by atoms with Crippen LogP contribution in [0.5, 0.6) is 5.75 Å². The molecule has 8 nitrogen and oxygen atoms in total. The van der Waals surface area contributed by atoms with Crippen LogP contribution >= 0.6 is 11.6 Å². The molecule has 0 fully saturated rings. The van der Waals surface area contributed by atoms with E-state index in [2.05, 4.69) is 0 Å². The van der Waals surface area contributed by atoms with Gasteiger partial charge in [0.2, 0.25) is 5.78 Å². The number of halogens is 1. The van der Waals surface area contributed by atoms with Crippen molar-refractivity contribution < 1.29 is 24.0 Å². The summed E-state index contributed by atoms with van der Waals surface area (Å²) in [5, 5.41) is 11.6. The maximum atomic E-state index is 13.1. The zero-order chi connectivity index (χ0) is 25.1. The summed E-state index contributed by atoms with van der Waals surface area (Å²) in [5.74, 6) is -0.621. The van der Waals surface area contributed by atoms with Crippen LogP contribution in [0.2, 0.25) is 5.02 Å². The van der Waals surface area contributed by atoms with Crippen molar-refractivity contribution in [2.24, 2.45) is 0 Å². The molecular formula is C26H19ClN2O6. The lowest BCUT2D eigenvalue weighted by molar-refractivity contribution is -0.384. The maximum Gasteiger partial charge on any atom is 0.339 e. The highest BCUT2D eigenvalue weighted by atomic mass is 35.5. The van der Waals surface area contributed by atoms with Crippen molar-refractivity contribution in [3.63, 3.8) is 0 Å². The van der Waals surface area contributed by atoms with Gasteiger partial charge in [-0.05, 0) is 55.0 Å². The van der Waals surface area contributed by atoms with E-state index in [1.165, 1.54) is 12.1 Å². The number of carbonyl (C=O) groups excluding carboxylic acids is 2. The molecule has 0 radical (unpaired) electrons. The minimum atomic E-state index is -0.713. The molecule has 35 heavy (non-hydrogen) atoms. The molecule has 0 saturated carbocycles. The summed E-state index contributed by atoms with van der Waals surface area (Å²) in [5.41, 5.74) is 2.70. The van der Waals surface area contributed by atoms with Crippen LogP contribution < -0.4 is 4.74 Å². The maximum absolute atomic E-state index is 13.1. The number of pyridine rings is 1. The van der Waals surface area contributed by atoms with E-state index in [4.69, 9.17) is 26.1 Å². The molecule has 0 saturated heterocycles. The van der Waals surface area contributed by atoms with E-state index >= 15 is 0 Å². The van der Waals surface area contributed by atoms with Gasteiger partial charge in [-0.15, -0.1) is 0 Å². The van der Waals surface area contributed by atoms with Crippen LogP contribution in [-0.2, 0) is 4.74 Å². The highest BCUT2D eigenvalue weighted by Crippen LogP contribution is 2.29. The normalized spacial score (nSPS) is 10.7. The first-order valence-electron chi connectivity index (χ1n) is 10.5. The summed E-state index contributed by atoms with van der Waals surface area (Å²) in [6.45, 7) is 1.30. The molecule has 4 rings (SSSR count). The van der Waals surface area contributed by atoms with Crippen LogP contribution in [-0.4, -0.2) is 35.4 Å². The lowest BCUT2D eigenvalue weighted by atomic mass is 10.0. The molecular weight excluding hydrogens is 472 g/mol. The van der Waals surface area contributed by atoms with E-state index < -0.39 is 29.0 Å². The molecule has 3 aromatic carbocycles. The van der Waals surface area contributed by atoms with Gasteiger partial charge < -0.3 is 9.47 Å². The first-order valence-corrected chi connectivity index (χ1v) is 10.9. The third-order valence-electron chi connectivity index (χ3n) is 5.45. The summed E-state index contributed by atoms with van der Waals surface area (Å²) in [6.07, 6.45) is 0. The van der Waals surface area contributed by atoms with Crippen molar-refractivity contribution in [3.05, 3.63) is 98.6 Å². The van der Waals surface area contributed by atoms with E-state index in [0.29, 0.717) is 22.3 Å². The number of nitro benzene ring substituents is 1. The molecule has 0 amide bonds. The standard InChI is InChI=1S/C26H19ClN2O6/c1-15-4-3-5-19-20(13-22(28-25(15)19)16-6-9-18(34-2)10-7-16)26(31)35-14-24(30)17-8-11-21(27)23(12-17)29(32)33/h3-13H,14H2,1-2H3. The van der Waals surface area contributed by atoms with Gasteiger partial charge in [-0.1, -0.05) is 29.8 Å². The van der Waals surface area contributed by atoms with Gasteiger partial charge in [0.05, 0.1) is 28.8 Å². The third kappa shape index (κ3) is 4.97. The lowest BCUT2D eigenvalue weighted by Gasteiger charge is -2.12. The molecule has 0 aliphatic carbocycles. The summed E-state index contributed by atoms with van der Waals surface area (Å²) in [7, 11) is 1.57. The Labute approximate surface area is 205 Å². The molecule has 1 heterocycles. The molecule has 0 unspecified atom stereocenters. The van der Waals surface area contributed by atoms with Gasteiger partial charge in [-0.25, -0.2) is 9.78 Å². The minimum absolute atomic E-state index is 0.0169. The van der Waals surface area contributed by atoms with Gasteiger partial charge in [0.15, 0.2) is 6.61 Å². The fraction of sp³-hybridized carbons (Fsp3) is 0.115. The van der Waals surface area contributed by atoms with Crippen LogP contribution in [0, 0.1) is 17.0 Å². The summed E-state index contributed by atoms with van der Waals surface area (Å²) in [6, 6.07) is 18.0. The second kappa shape index (κ2) is 9.90. The molecule has 0 N–H and O–H groups in total. The number of aryl methyl sites for hydroxylation is 1. The van der Waals surface area contributed by atoms with Gasteiger partial charge in [0.25, 0.3) is 5.69 Å². The average molecular weight is 491 g/mol. The van der Waals surface area contributed by atoms with E-state index in [9.17, 15) is 19.7 Å². The zero-order valence-corrected chi connectivity index (χ0v) is 19.5. The Morgan fingerprint density at radius 2 is 1.80 bits per heavy atom. The number of nitro groups is 1. The largest absolute Gasteiger partial charge is 0.497 e. The monoisotopic (exact) mass is 490 g/mol. The van der Waals surface area contributed by atoms with Gasteiger partial charge in [-0.3, -0.25) is 14.9 Å². The number of para-hydroxylation sites is 1. The first-order chi connectivity index (χ1) is 16.8. The Morgan fingerprint density at radius 3 is 2.49 bits per heavy atom. The number of aromatic nitrogens is 1. The SMILES string of the molecule is COc1ccc(-c2cc(C(=O)OCC(=O)c3ccc(Cl)c([N+](=O)[O-])c3)c3cccc(C)c3n2)cc1. The lowest BCUT2D eigenvalue weighted by Crippen LogP contribution is -2.15. The number of nitrogens with zero attached hydrogens (tertiary/aromatic N) is 2. The number of ketones is 1. The van der Waals surface area contributed by atoms with Gasteiger partial charge in [0.1, 0.15) is 10.8 Å². The fourth-order valence-corrected chi connectivity index (χ4v) is 3.78. The summed E-state index contributed by atoms with van der Waals surface area (Å²) >= 11 is 5.80. The highest BCUT2D eigenvalue weighted by molar-refractivity contribution is 6.32. The number of ether oxygens (including phenoxy) is 2. The van der Waals surface area contributed by atoms with Crippen molar-refractivity contribution >= 4 is 39.9 Å². The Balaban J connectivity index is 1.65. The molecule has 4 aromatic rings. The van der Waals surface area contributed by atoms with E-state index in [1.54, 1.807) is 37.4 Å². The Hall–Kier alpha value is -4.30. The van der Waals surface area contributed by atoms with E-state index in [-0.39, 0.29) is 16.1 Å². The molecule has 1 aromatic heterocycles. The van der Waals surface area contributed by atoms with Crippen LogP contribution in [0.25, 0.3) is 22.2 Å². The quantitative estimate of drug-likeness (QED) is 0.139. The van der Waals surface area contributed by atoms with Crippen LogP contribution in [0.3, 0.4) is 0 Å². The van der Waals surface area contributed by atoms with Crippen molar-refractivity contribution in [1.82, 2.24) is 4.98 Å². The Bertz CT molecular complexity index is 1470. The smallest absolute Gasteiger partial charge is 0.339 e. The van der Waals surface area contributed by atoms with Crippen LogP contribution in [0.15, 0.2) is 66.7 Å². The second-order valence-electron chi connectivity index (χ2n) is 7.68. The average Bonchev–Trinajstić information content (AvgIpc) is 2.87. The predicted octanol–water partition coefficient (Wildman–Crippen LogP) is 5.82. The predicted molar refractivity (Wildman–Crippen MR) is 131 cm³/mol. The first kappa shape index (κ1) is 23.8. The Kier molecular flexibility index (Phi) is 6.75. The van der Waals surface area contributed by atoms with Crippen LogP contribution in [0.1, 0.15) is 26.3 Å². The van der Waals surface area contributed by atoms with Gasteiger partial charge >= 0.3 is 5.97 Å². The highest BCUT2D eigenvalue weighted by Gasteiger charge is 2.20. The molecule has 176 valence electrons. The molecule has 9 heteroatoms. The molecule has 0 spiro atoms. The van der Waals surface area contributed by atoms with Gasteiger partial charge in [0, 0.05) is 22.6 Å². The number of hydrogen-bond acceptors (Lipinski definition) is 7. The van der Waals surface area contributed by atoms with Crippen molar-refractivity contribution in [3.8, 4) is 17.0 Å². The number of benzene rings is 3. The Morgan fingerprint density at radius 1 is 1.06 bits per heavy atom. The number of rotatable bonds is 7. The van der Waals surface area contributed by atoms with Crippen LogP contribution in [0.4, 0.5) is 5.69 Å². The molecule has 0 bridgehead atoms. The van der Waals surface area contributed by atoms with Gasteiger partial charge in [-0.2, -0.15) is 0 Å². The number of methoxy groups -OCH3 is 1. The molecule has 0 aliphatic rings. The number of esters is 1. The topological polar surface area (TPSA) is 109 Å². The van der Waals surface area contributed by atoms with E-state index in [1.807, 2.05) is 25.1 Å². The summed E-state index contributed by atoms with van der Waals surface area (Å²) in [4.78, 5) is 40.8. The fourth-order valence-electron chi connectivity index (χ4n) is 3.59. The van der Waals surface area contributed by atoms with Crippen molar-refractivity contribution in [2.75, 3.05) is 13.7 Å². The number of fused-ring (bicyclic) bond motifs is 1.